The molecular weight excluding hydrogens is 443 g/mol. The maximum absolute atomic E-state index is 12.4. The Hall–Kier alpha value is -1.76. The van der Waals surface area contributed by atoms with Gasteiger partial charge in [-0.3, -0.25) is 9.10 Å². The Bertz CT molecular complexity index is 988. The van der Waals surface area contributed by atoms with Crippen LogP contribution in [0.15, 0.2) is 42.5 Å². The van der Waals surface area contributed by atoms with E-state index < -0.39 is 10.0 Å². The molecule has 5 nitrogen and oxygen atoms in total. The van der Waals surface area contributed by atoms with Crippen LogP contribution in [0, 0.1) is 5.92 Å². The molecule has 1 aliphatic rings. The third kappa shape index (κ3) is 6.13. The molecule has 2 aromatic rings. The van der Waals surface area contributed by atoms with Crippen LogP contribution in [-0.4, -0.2) is 27.1 Å². The summed E-state index contributed by atoms with van der Waals surface area (Å²) in [5.74, 6) is 0.460. The van der Waals surface area contributed by atoms with Gasteiger partial charge in [-0.1, -0.05) is 54.6 Å². The van der Waals surface area contributed by atoms with Gasteiger partial charge in [0.05, 0.1) is 23.5 Å². The molecule has 0 saturated heterocycles. The van der Waals surface area contributed by atoms with Crippen LogP contribution in [0.5, 0.6) is 0 Å². The van der Waals surface area contributed by atoms with Crippen LogP contribution in [0.1, 0.15) is 48.0 Å². The van der Waals surface area contributed by atoms with Gasteiger partial charge in [0.15, 0.2) is 0 Å². The van der Waals surface area contributed by atoms with Gasteiger partial charge in [-0.15, -0.1) is 0 Å². The maximum atomic E-state index is 12.4. The topological polar surface area (TPSA) is 66.5 Å². The van der Waals surface area contributed by atoms with E-state index in [0.717, 1.165) is 11.8 Å². The minimum atomic E-state index is -3.57. The summed E-state index contributed by atoms with van der Waals surface area (Å²) in [5.41, 5.74) is 1.66. The normalized spacial score (nSPS) is 15.0. The van der Waals surface area contributed by atoms with Crippen molar-refractivity contribution in [2.45, 2.75) is 38.6 Å². The summed E-state index contributed by atoms with van der Waals surface area (Å²) in [5, 5.41) is 3.70. The first-order chi connectivity index (χ1) is 14.2. The van der Waals surface area contributed by atoms with Crippen molar-refractivity contribution in [1.29, 1.82) is 0 Å². The minimum absolute atomic E-state index is 0.101. The Kier molecular flexibility index (Phi) is 7.66. The summed E-state index contributed by atoms with van der Waals surface area (Å²) in [6.07, 6.45) is 7.25. The van der Waals surface area contributed by atoms with E-state index in [1.165, 1.54) is 42.5 Å². The van der Waals surface area contributed by atoms with Gasteiger partial charge in [-0.2, -0.15) is 0 Å². The number of hydrogen-bond donors (Lipinski definition) is 1. The third-order valence-corrected chi connectivity index (χ3v) is 7.06. The molecule has 1 amide bonds. The monoisotopic (exact) mass is 468 g/mol. The molecule has 0 spiro atoms. The van der Waals surface area contributed by atoms with Gasteiger partial charge in [-0.25, -0.2) is 8.42 Å². The largest absolute Gasteiger partial charge is 0.352 e. The highest BCUT2D eigenvalue weighted by atomic mass is 35.5. The van der Waals surface area contributed by atoms with E-state index >= 15 is 0 Å². The quantitative estimate of drug-likeness (QED) is 0.601. The zero-order valence-electron chi connectivity index (χ0n) is 16.9. The molecule has 8 heteroatoms. The Morgan fingerprint density at radius 2 is 1.73 bits per heavy atom. The van der Waals surface area contributed by atoms with Crippen molar-refractivity contribution in [3.8, 4) is 0 Å². The number of halogens is 2. The summed E-state index contributed by atoms with van der Waals surface area (Å²) in [6, 6.07) is 11.6. The Morgan fingerprint density at radius 1 is 1.07 bits per heavy atom. The van der Waals surface area contributed by atoms with Crippen molar-refractivity contribution in [2.24, 2.45) is 5.92 Å². The number of nitrogens with one attached hydrogen (secondary N) is 1. The fraction of sp³-hybridized carbons (Fsp3) is 0.409. The number of anilines is 1. The highest BCUT2D eigenvalue weighted by Gasteiger charge is 2.21. The van der Waals surface area contributed by atoms with E-state index in [1.54, 1.807) is 36.4 Å². The fourth-order valence-corrected chi connectivity index (χ4v) is 5.18. The molecule has 1 N–H and O–H groups in total. The average molecular weight is 469 g/mol. The predicted molar refractivity (Wildman–Crippen MR) is 123 cm³/mol. The zero-order chi connectivity index (χ0) is 21.7. The summed E-state index contributed by atoms with van der Waals surface area (Å²) in [6.45, 7) is 0.807. The molecule has 0 radical (unpaired) electrons. The second-order valence-electron chi connectivity index (χ2n) is 7.78. The molecule has 1 aliphatic carbocycles. The van der Waals surface area contributed by atoms with E-state index in [4.69, 9.17) is 23.2 Å². The van der Waals surface area contributed by atoms with E-state index in [0.29, 0.717) is 28.7 Å². The molecular formula is C22H26Cl2N2O3S. The zero-order valence-corrected chi connectivity index (χ0v) is 19.2. The van der Waals surface area contributed by atoms with Crippen molar-refractivity contribution >= 4 is 44.8 Å². The molecule has 162 valence electrons. The lowest BCUT2D eigenvalue weighted by atomic mass is 9.89. The molecule has 1 fully saturated rings. The van der Waals surface area contributed by atoms with Gasteiger partial charge in [-0.05, 0) is 54.7 Å². The first kappa shape index (κ1) is 22.9. The van der Waals surface area contributed by atoms with Crippen LogP contribution in [0.25, 0.3) is 0 Å². The van der Waals surface area contributed by atoms with Crippen LogP contribution >= 0.6 is 23.2 Å². The van der Waals surface area contributed by atoms with E-state index in [1.807, 2.05) is 0 Å². The molecule has 0 aliphatic heterocycles. The van der Waals surface area contributed by atoms with Gasteiger partial charge in [0.25, 0.3) is 5.91 Å². The highest BCUT2D eigenvalue weighted by Crippen LogP contribution is 2.31. The van der Waals surface area contributed by atoms with Crippen LogP contribution < -0.4 is 9.62 Å². The fourth-order valence-electron chi connectivity index (χ4n) is 3.72. The van der Waals surface area contributed by atoms with Crippen molar-refractivity contribution in [3.63, 3.8) is 0 Å². The van der Waals surface area contributed by atoms with Gasteiger partial charge in [0.1, 0.15) is 0 Å². The molecule has 3 rings (SSSR count). The number of sulfonamides is 1. The highest BCUT2D eigenvalue weighted by molar-refractivity contribution is 7.92. The van der Waals surface area contributed by atoms with Gasteiger partial charge >= 0.3 is 0 Å². The third-order valence-electron chi connectivity index (χ3n) is 5.40. The van der Waals surface area contributed by atoms with E-state index in [2.05, 4.69) is 5.32 Å². The number of nitrogens with zero attached hydrogens (tertiary/aromatic N) is 1. The molecule has 0 heterocycles. The Labute approximate surface area is 188 Å². The van der Waals surface area contributed by atoms with Crippen molar-refractivity contribution in [2.75, 3.05) is 17.1 Å². The summed E-state index contributed by atoms with van der Waals surface area (Å²) < 4.78 is 25.9. The van der Waals surface area contributed by atoms with Crippen molar-refractivity contribution in [1.82, 2.24) is 5.32 Å². The standard InChI is InChI=1S/C22H26Cl2N2O3S/c1-30(28,29)26(21-12-11-19(23)13-20(21)24)15-17-7-9-18(10-8-17)22(27)25-14-16-5-3-2-4-6-16/h7-13,16H,2-6,14-15H2,1H3,(H,25,27). The average Bonchev–Trinajstić information content (AvgIpc) is 2.71. The van der Waals surface area contributed by atoms with E-state index in [9.17, 15) is 13.2 Å². The van der Waals surface area contributed by atoms with E-state index in [-0.39, 0.29) is 17.5 Å². The predicted octanol–water partition coefficient (Wildman–Crippen LogP) is 5.27. The smallest absolute Gasteiger partial charge is 0.251 e. The van der Waals surface area contributed by atoms with Gasteiger partial charge in [0, 0.05) is 17.1 Å². The molecule has 0 aromatic heterocycles. The molecule has 30 heavy (non-hydrogen) atoms. The number of rotatable bonds is 7. The van der Waals surface area contributed by atoms with Crippen molar-refractivity contribution in [3.05, 3.63) is 63.6 Å². The lowest BCUT2D eigenvalue weighted by molar-refractivity contribution is 0.0943. The summed E-state index contributed by atoms with van der Waals surface area (Å²) in [7, 11) is -3.57. The van der Waals surface area contributed by atoms with Gasteiger partial charge in [0.2, 0.25) is 10.0 Å². The number of amides is 1. The Morgan fingerprint density at radius 3 is 2.33 bits per heavy atom. The van der Waals surface area contributed by atoms with Crippen LogP contribution in [0.3, 0.4) is 0 Å². The summed E-state index contributed by atoms with van der Waals surface area (Å²) >= 11 is 12.1. The van der Waals surface area contributed by atoms with Crippen LogP contribution in [0.2, 0.25) is 10.0 Å². The number of hydrogen-bond acceptors (Lipinski definition) is 3. The molecule has 1 saturated carbocycles. The second-order valence-corrected chi connectivity index (χ2v) is 10.5. The lowest BCUT2D eigenvalue weighted by Crippen LogP contribution is -2.30. The van der Waals surface area contributed by atoms with Crippen LogP contribution in [-0.2, 0) is 16.6 Å². The minimum Gasteiger partial charge on any atom is -0.352 e. The second kappa shape index (κ2) is 10.0. The lowest BCUT2D eigenvalue weighted by Gasteiger charge is -2.24. The van der Waals surface area contributed by atoms with Crippen LogP contribution in [0.4, 0.5) is 5.69 Å². The van der Waals surface area contributed by atoms with Crippen molar-refractivity contribution < 1.29 is 13.2 Å². The Balaban J connectivity index is 1.68. The maximum Gasteiger partial charge on any atom is 0.251 e. The van der Waals surface area contributed by atoms with Gasteiger partial charge < -0.3 is 5.32 Å². The summed E-state index contributed by atoms with van der Waals surface area (Å²) in [4.78, 5) is 12.4. The molecule has 2 aromatic carbocycles. The molecule has 0 atom stereocenters. The number of carbonyl (C=O) groups is 1. The molecule has 0 bridgehead atoms. The molecule has 0 unspecified atom stereocenters. The SMILES string of the molecule is CS(=O)(=O)N(Cc1ccc(C(=O)NCC2CCCCC2)cc1)c1ccc(Cl)cc1Cl. The number of carbonyl (C=O) groups excluding carboxylic acids is 1. The first-order valence-corrected chi connectivity index (χ1v) is 12.6. The number of benzene rings is 2. The first-order valence-electron chi connectivity index (χ1n) is 10.0.